The van der Waals surface area contributed by atoms with Crippen molar-refractivity contribution in [2.24, 2.45) is 0 Å². The van der Waals surface area contributed by atoms with Crippen LogP contribution in [0.15, 0.2) is 31.0 Å². The van der Waals surface area contributed by atoms with Gasteiger partial charge in [-0.05, 0) is 13.0 Å². The zero-order chi connectivity index (χ0) is 14.9. The van der Waals surface area contributed by atoms with E-state index in [0.717, 1.165) is 36.4 Å². The van der Waals surface area contributed by atoms with E-state index < -0.39 is 0 Å². The van der Waals surface area contributed by atoms with Crippen LogP contribution in [-0.4, -0.2) is 43.6 Å². The van der Waals surface area contributed by atoms with Gasteiger partial charge in [0.1, 0.15) is 17.3 Å². The fourth-order valence-electron chi connectivity index (χ4n) is 2.59. The molecule has 1 fully saturated rings. The van der Waals surface area contributed by atoms with Gasteiger partial charge in [0.05, 0.1) is 29.6 Å². The Labute approximate surface area is 131 Å². The van der Waals surface area contributed by atoms with Crippen LogP contribution in [0.25, 0.3) is 16.9 Å². The standard InChI is InChI=1S/C14H14ClN7/c15-12-3-10-11(5-18-12)22(8-19-10)14-7-17-6-13(21-14)20-9-1-2-16-4-9/h3,5-9,16H,1-2,4H2,(H,20,21). The van der Waals surface area contributed by atoms with Gasteiger partial charge in [0.15, 0.2) is 5.82 Å². The van der Waals surface area contributed by atoms with Crippen LogP contribution in [0.1, 0.15) is 6.42 Å². The first-order valence-corrected chi connectivity index (χ1v) is 7.46. The molecule has 4 rings (SSSR count). The second kappa shape index (κ2) is 5.51. The van der Waals surface area contributed by atoms with Crippen molar-refractivity contribution in [2.75, 3.05) is 18.4 Å². The van der Waals surface area contributed by atoms with E-state index >= 15 is 0 Å². The Hall–Kier alpha value is -2.25. The summed E-state index contributed by atoms with van der Waals surface area (Å²) in [5.74, 6) is 1.46. The maximum absolute atomic E-state index is 5.89. The van der Waals surface area contributed by atoms with Crippen molar-refractivity contribution in [3.05, 3.63) is 36.1 Å². The Balaban J connectivity index is 1.68. The molecule has 1 unspecified atom stereocenters. The monoisotopic (exact) mass is 315 g/mol. The average molecular weight is 316 g/mol. The molecule has 1 saturated heterocycles. The lowest BCUT2D eigenvalue weighted by Gasteiger charge is -2.12. The molecule has 8 heteroatoms. The van der Waals surface area contributed by atoms with Crippen LogP contribution in [-0.2, 0) is 0 Å². The molecule has 2 N–H and O–H groups in total. The first-order chi connectivity index (χ1) is 10.8. The van der Waals surface area contributed by atoms with Gasteiger partial charge >= 0.3 is 0 Å². The van der Waals surface area contributed by atoms with Crippen molar-refractivity contribution in [1.82, 2.24) is 29.8 Å². The number of anilines is 1. The molecule has 3 aromatic rings. The number of nitrogens with one attached hydrogen (secondary N) is 2. The number of rotatable bonds is 3. The predicted molar refractivity (Wildman–Crippen MR) is 84.4 cm³/mol. The molecule has 4 heterocycles. The number of nitrogens with zero attached hydrogens (tertiary/aromatic N) is 5. The topological polar surface area (TPSA) is 80.5 Å². The number of fused-ring (bicyclic) bond motifs is 1. The summed E-state index contributed by atoms with van der Waals surface area (Å²) in [6, 6.07) is 2.12. The van der Waals surface area contributed by atoms with Crippen LogP contribution in [0.5, 0.6) is 0 Å². The summed E-state index contributed by atoms with van der Waals surface area (Å²) in [4.78, 5) is 17.3. The molecule has 1 atom stereocenters. The van der Waals surface area contributed by atoms with Crippen molar-refractivity contribution in [3.63, 3.8) is 0 Å². The van der Waals surface area contributed by atoms with Crippen molar-refractivity contribution in [1.29, 1.82) is 0 Å². The number of hydrogen-bond acceptors (Lipinski definition) is 6. The molecule has 112 valence electrons. The van der Waals surface area contributed by atoms with Crippen molar-refractivity contribution in [2.45, 2.75) is 12.5 Å². The van der Waals surface area contributed by atoms with Crippen molar-refractivity contribution in [3.8, 4) is 5.82 Å². The molecule has 0 radical (unpaired) electrons. The molecule has 0 bridgehead atoms. The van der Waals surface area contributed by atoms with Crippen LogP contribution in [0.3, 0.4) is 0 Å². The summed E-state index contributed by atoms with van der Waals surface area (Å²) >= 11 is 5.89. The average Bonchev–Trinajstić information content (AvgIpc) is 3.16. The van der Waals surface area contributed by atoms with E-state index in [9.17, 15) is 0 Å². The fraction of sp³-hybridized carbons (Fsp3) is 0.286. The Bertz CT molecular complexity index is 810. The number of pyridine rings is 1. The highest BCUT2D eigenvalue weighted by atomic mass is 35.5. The van der Waals surface area contributed by atoms with E-state index in [1.165, 1.54) is 0 Å². The van der Waals surface area contributed by atoms with E-state index in [-0.39, 0.29) is 0 Å². The van der Waals surface area contributed by atoms with Gasteiger partial charge in [-0.3, -0.25) is 9.55 Å². The van der Waals surface area contributed by atoms with E-state index in [4.69, 9.17) is 11.6 Å². The van der Waals surface area contributed by atoms with E-state index in [1.54, 1.807) is 31.0 Å². The summed E-state index contributed by atoms with van der Waals surface area (Å²) in [5, 5.41) is 7.14. The van der Waals surface area contributed by atoms with E-state index in [1.807, 2.05) is 4.57 Å². The molecule has 0 aliphatic carbocycles. The van der Waals surface area contributed by atoms with Crippen LogP contribution < -0.4 is 10.6 Å². The largest absolute Gasteiger partial charge is 0.365 e. The van der Waals surface area contributed by atoms with Gasteiger partial charge in [-0.1, -0.05) is 11.6 Å². The smallest absolute Gasteiger partial charge is 0.159 e. The molecule has 1 aliphatic rings. The van der Waals surface area contributed by atoms with Gasteiger partial charge in [-0.15, -0.1) is 0 Å². The molecule has 1 aliphatic heterocycles. The zero-order valence-electron chi connectivity index (χ0n) is 11.7. The number of halogens is 1. The molecule has 22 heavy (non-hydrogen) atoms. The molecule has 0 amide bonds. The Morgan fingerprint density at radius 3 is 3.09 bits per heavy atom. The third-order valence-electron chi connectivity index (χ3n) is 3.68. The van der Waals surface area contributed by atoms with E-state index in [2.05, 4.69) is 30.6 Å². The first-order valence-electron chi connectivity index (χ1n) is 7.08. The highest BCUT2D eigenvalue weighted by Gasteiger charge is 2.15. The van der Waals surface area contributed by atoms with Crippen LogP contribution in [0, 0.1) is 0 Å². The second-order valence-electron chi connectivity index (χ2n) is 5.21. The SMILES string of the molecule is Clc1cc2ncn(-c3cncc(NC4CCNC4)n3)c2cn1. The maximum atomic E-state index is 5.89. The highest BCUT2D eigenvalue weighted by molar-refractivity contribution is 6.29. The second-order valence-corrected chi connectivity index (χ2v) is 5.59. The molecular formula is C14H14ClN7. The Morgan fingerprint density at radius 2 is 2.23 bits per heavy atom. The van der Waals surface area contributed by atoms with Gasteiger partial charge in [-0.2, -0.15) is 0 Å². The Morgan fingerprint density at radius 1 is 1.27 bits per heavy atom. The minimum Gasteiger partial charge on any atom is -0.365 e. The fourth-order valence-corrected chi connectivity index (χ4v) is 2.75. The zero-order valence-corrected chi connectivity index (χ0v) is 12.5. The summed E-state index contributed by atoms with van der Waals surface area (Å²) in [6.07, 6.45) is 7.91. The van der Waals surface area contributed by atoms with Crippen LogP contribution in [0.4, 0.5) is 5.82 Å². The predicted octanol–water partition coefficient (Wildman–Crippen LogP) is 1.64. The maximum Gasteiger partial charge on any atom is 0.159 e. The van der Waals surface area contributed by atoms with Crippen molar-refractivity contribution >= 4 is 28.5 Å². The highest BCUT2D eigenvalue weighted by Crippen LogP contribution is 2.19. The van der Waals surface area contributed by atoms with Gasteiger partial charge in [0.2, 0.25) is 0 Å². The van der Waals surface area contributed by atoms with Gasteiger partial charge < -0.3 is 10.6 Å². The Kier molecular flexibility index (Phi) is 3.36. The molecule has 7 nitrogen and oxygen atoms in total. The van der Waals surface area contributed by atoms with Crippen LogP contribution in [0.2, 0.25) is 5.15 Å². The van der Waals surface area contributed by atoms with Gasteiger partial charge in [-0.25, -0.2) is 15.0 Å². The summed E-state index contributed by atoms with van der Waals surface area (Å²) < 4.78 is 1.85. The molecular weight excluding hydrogens is 302 g/mol. The third-order valence-corrected chi connectivity index (χ3v) is 3.89. The summed E-state index contributed by atoms with van der Waals surface area (Å²) in [6.45, 7) is 1.98. The lowest BCUT2D eigenvalue weighted by molar-refractivity contribution is 0.785. The van der Waals surface area contributed by atoms with Gasteiger partial charge in [0, 0.05) is 18.7 Å². The third kappa shape index (κ3) is 2.49. The number of imidazole rings is 1. The molecule has 0 saturated carbocycles. The van der Waals surface area contributed by atoms with Crippen molar-refractivity contribution < 1.29 is 0 Å². The minimum atomic E-state index is 0.393. The molecule has 3 aromatic heterocycles. The lowest BCUT2D eigenvalue weighted by atomic mass is 10.3. The minimum absolute atomic E-state index is 0.393. The molecule has 0 spiro atoms. The van der Waals surface area contributed by atoms with Gasteiger partial charge in [0.25, 0.3) is 0 Å². The summed E-state index contributed by atoms with van der Waals surface area (Å²) in [5.41, 5.74) is 1.62. The number of aromatic nitrogens is 5. The molecule has 0 aromatic carbocycles. The number of hydrogen-bond donors (Lipinski definition) is 2. The quantitative estimate of drug-likeness (QED) is 0.715. The summed E-state index contributed by atoms with van der Waals surface area (Å²) in [7, 11) is 0. The van der Waals surface area contributed by atoms with Crippen LogP contribution >= 0.6 is 11.6 Å². The lowest BCUT2D eigenvalue weighted by Crippen LogP contribution is -2.23. The first kappa shape index (κ1) is 13.4. The normalized spacial score (nSPS) is 18.0. The van der Waals surface area contributed by atoms with E-state index in [0.29, 0.717) is 17.0 Å².